The maximum Gasteiger partial charge on any atom is 0.278 e. The molecule has 6 aromatic rings. The Morgan fingerprint density at radius 1 is 0.982 bits per heavy atom. The summed E-state index contributed by atoms with van der Waals surface area (Å²) in [4.78, 5) is 63.6. The van der Waals surface area contributed by atoms with Crippen molar-refractivity contribution in [1.82, 2.24) is 23.6 Å². The van der Waals surface area contributed by atoms with Crippen LogP contribution < -0.4 is 15.8 Å². The molecule has 2 aliphatic heterocycles. The second-order valence-corrected chi connectivity index (χ2v) is 14.8. The van der Waals surface area contributed by atoms with Gasteiger partial charge in [0.1, 0.15) is 11.4 Å². The lowest BCUT2D eigenvalue weighted by Crippen LogP contribution is -2.35. The number of hydrogen-bond donors (Lipinski definition) is 2. The van der Waals surface area contributed by atoms with Crippen LogP contribution >= 0.6 is 0 Å². The Bertz CT molecular complexity index is 2640. The van der Waals surface area contributed by atoms with Gasteiger partial charge >= 0.3 is 0 Å². The number of ketones is 1. The molecule has 0 spiro atoms. The second kappa shape index (κ2) is 14.9. The van der Waals surface area contributed by atoms with Crippen molar-refractivity contribution in [2.75, 3.05) is 24.2 Å². The fourth-order valence-electron chi connectivity index (χ4n) is 7.50. The van der Waals surface area contributed by atoms with Crippen LogP contribution in [0.5, 0.6) is 5.75 Å². The standard InChI is InChI=1S/C44H42N8O5/c1-26-16-33-22-46-35-21-39(27(2)17-34(35)43(55)52(33)23-26)57-15-5-6-41(54)47-40-25-50(4)42(48-40)38(53)18-28-7-9-29(10-8-28)31-20-37(49(3)24-31)44(56)51-14-13-30-19-32(45)11-12-36(30)51/h7-14,17,19-22,24-25,33H,1,5-6,15-16,18,23,45H2,2-4H3,(H,47,54)/t33-/m0/s1. The molecule has 8 rings (SSSR count). The molecule has 288 valence electrons. The van der Waals surface area contributed by atoms with E-state index in [2.05, 4.69) is 21.9 Å². The van der Waals surface area contributed by atoms with Gasteiger partial charge in [-0.3, -0.25) is 28.7 Å². The Morgan fingerprint density at radius 2 is 1.79 bits per heavy atom. The minimum absolute atomic E-state index is 0.0602. The van der Waals surface area contributed by atoms with Gasteiger partial charge in [-0.1, -0.05) is 36.4 Å². The minimum Gasteiger partial charge on any atom is -0.493 e. The zero-order chi connectivity index (χ0) is 40.0. The van der Waals surface area contributed by atoms with Crippen LogP contribution in [-0.4, -0.2) is 72.5 Å². The van der Waals surface area contributed by atoms with Gasteiger partial charge in [0.05, 0.1) is 29.4 Å². The lowest BCUT2D eigenvalue weighted by Gasteiger charge is -2.20. The predicted octanol–water partition coefficient (Wildman–Crippen LogP) is 6.67. The molecule has 0 bridgehead atoms. The van der Waals surface area contributed by atoms with Crippen LogP contribution in [0.2, 0.25) is 0 Å². The monoisotopic (exact) mass is 762 g/mol. The highest BCUT2D eigenvalue weighted by Gasteiger charge is 2.34. The number of hydrogen-bond acceptors (Lipinski definition) is 8. The van der Waals surface area contributed by atoms with Crippen LogP contribution in [0.25, 0.3) is 22.0 Å². The average molecular weight is 763 g/mol. The summed E-state index contributed by atoms with van der Waals surface area (Å²) in [6.45, 7) is 6.74. The van der Waals surface area contributed by atoms with Crippen LogP contribution in [0.15, 0.2) is 102 Å². The maximum atomic E-state index is 13.5. The van der Waals surface area contributed by atoms with Crippen LogP contribution in [0, 0.1) is 6.92 Å². The highest BCUT2D eigenvalue weighted by Crippen LogP contribution is 2.35. The third-order valence-corrected chi connectivity index (χ3v) is 10.5. The van der Waals surface area contributed by atoms with Gasteiger partial charge in [0, 0.05) is 81.0 Å². The molecule has 2 aliphatic rings. The number of carbonyl (C=O) groups is 4. The Hall–Kier alpha value is -7.02. The van der Waals surface area contributed by atoms with Crippen LogP contribution in [0.4, 0.5) is 17.2 Å². The molecule has 13 nitrogen and oxygen atoms in total. The number of Topliss-reactive ketones (excluding diaryl/α,β-unsaturated/α-hetero) is 1. The molecule has 0 radical (unpaired) electrons. The number of nitrogen functional groups attached to an aromatic ring is 1. The number of nitrogens with one attached hydrogen (secondary N) is 1. The zero-order valence-corrected chi connectivity index (χ0v) is 32.0. The van der Waals surface area contributed by atoms with Gasteiger partial charge < -0.3 is 29.8 Å². The van der Waals surface area contributed by atoms with E-state index in [-0.39, 0.29) is 54.8 Å². The Kier molecular flexibility index (Phi) is 9.66. The van der Waals surface area contributed by atoms with Gasteiger partial charge in [-0.2, -0.15) is 0 Å². The Balaban J connectivity index is 0.834. The molecule has 13 heteroatoms. The van der Waals surface area contributed by atoms with Crippen molar-refractivity contribution in [1.29, 1.82) is 0 Å². The first kappa shape index (κ1) is 36.9. The molecule has 1 atom stereocenters. The van der Waals surface area contributed by atoms with Crippen LogP contribution in [-0.2, 0) is 25.3 Å². The van der Waals surface area contributed by atoms with Crippen molar-refractivity contribution >= 4 is 57.8 Å². The molecular weight excluding hydrogens is 721 g/mol. The normalized spacial score (nSPS) is 14.8. The minimum atomic E-state index is -0.250. The fraction of sp³-hybridized carbons (Fsp3) is 0.227. The zero-order valence-electron chi connectivity index (χ0n) is 32.0. The summed E-state index contributed by atoms with van der Waals surface area (Å²) in [7, 11) is 3.56. The van der Waals surface area contributed by atoms with E-state index < -0.39 is 0 Å². The number of benzene rings is 3. The quantitative estimate of drug-likeness (QED) is 0.0646. The molecule has 0 unspecified atom stereocenters. The Morgan fingerprint density at radius 3 is 2.60 bits per heavy atom. The first-order valence-corrected chi connectivity index (χ1v) is 18.7. The Labute approximate surface area is 329 Å². The number of fused-ring (bicyclic) bond motifs is 3. The molecule has 5 heterocycles. The number of aromatic nitrogens is 4. The van der Waals surface area contributed by atoms with Gasteiger partial charge in [-0.25, -0.2) is 4.98 Å². The molecule has 1 saturated heterocycles. The number of anilines is 2. The number of aliphatic imine (C=N–C) groups is 1. The lowest BCUT2D eigenvalue weighted by atomic mass is 10.0. The van der Waals surface area contributed by atoms with Gasteiger partial charge in [-0.15, -0.1) is 0 Å². The predicted molar refractivity (Wildman–Crippen MR) is 219 cm³/mol. The summed E-state index contributed by atoms with van der Waals surface area (Å²) in [6.07, 6.45) is 8.54. The third kappa shape index (κ3) is 7.39. The van der Waals surface area contributed by atoms with Crippen molar-refractivity contribution in [3.8, 4) is 16.9 Å². The summed E-state index contributed by atoms with van der Waals surface area (Å²) in [5.74, 6) is 0.482. The molecule has 57 heavy (non-hydrogen) atoms. The highest BCUT2D eigenvalue weighted by molar-refractivity contribution is 6.04. The van der Waals surface area contributed by atoms with E-state index in [1.54, 1.807) is 51.8 Å². The molecule has 0 saturated carbocycles. The van der Waals surface area contributed by atoms with Gasteiger partial charge in [-0.05, 0) is 72.9 Å². The van der Waals surface area contributed by atoms with Gasteiger partial charge in [0.2, 0.25) is 11.7 Å². The summed E-state index contributed by atoms with van der Waals surface area (Å²) in [6, 6.07) is 20.3. The fourth-order valence-corrected chi connectivity index (χ4v) is 7.50. The van der Waals surface area contributed by atoms with Crippen LogP contribution in [0.1, 0.15) is 61.9 Å². The number of aryl methyl sites for hydroxylation is 3. The van der Waals surface area contributed by atoms with E-state index in [0.717, 1.165) is 38.7 Å². The van der Waals surface area contributed by atoms with Crippen molar-refractivity contribution in [3.63, 3.8) is 0 Å². The summed E-state index contributed by atoms with van der Waals surface area (Å²) < 4.78 is 11.0. The van der Waals surface area contributed by atoms with Crippen molar-refractivity contribution in [2.24, 2.45) is 19.1 Å². The van der Waals surface area contributed by atoms with Crippen molar-refractivity contribution in [3.05, 3.63) is 126 Å². The number of carbonyl (C=O) groups excluding carboxylic acids is 4. The topological polar surface area (TPSA) is 159 Å². The van der Waals surface area contributed by atoms with Crippen molar-refractivity contribution in [2.45, 2.75) is 38.6 Å². The van der Waals surface area contributed by atoms with E-state index in [0.29, 0.717) is 53.6 Å². The summed E-state index contributed by atoms with van der Waals surface area (Å²) in [5, 5.41) is 3.68. The number of imidazole rings is 1. The molecule has 2 amide bonds. The van der Waals surface area contributed by atoms with Crippen LogP contribution in [0.3, 0.4) is 0 Å². The largest absolute Gasteiger partial charge is 0.493 e. The molecule has 0 aliphatic carbocycles. The van der Waals surface area contributed by atoms with E-state index in [4.69, 9.17) is 10.5 Å². The molecule has 1 fully saturated rings. The van der Waals surface area contributed by atoms with Crippen molar-refractivity contribution < 1.29 is 23.9 Å². The number of amides is 2. The molecule has 3 aromatic heterocycles. The number of nitrogens with zero attached hydrogens (tertiary/aromatic N) is 6. The number of nitrogens with two attached hydrogens (primary N) is 1. The van der Waals surface area contributed by atoms with E-state index in [1.165, 1.54) is 0 Å². The molecular formula is C44H42N8O5. The van der Waals surface area contributed by atoms with Gasteiger partial charge in [0.15, 0.2) is 11.6 Å². The summed E-state index contributed by atoms with van der Waals surface area (Å²) >= 11 is 0. The first-order valence-electron chi connectivity index (χ1n) is 18.7. The third-order valence-electron chi connectivity index (χ3n) is 10.5. The number of rotatable bonds is 11. The maximum absolute atomic E-state index is 13.5. The second-order valence-electron chi connectivity index (χ2n) is 14.8. The SMILES string of the molecule is C=C1C[C@H]2C=Nc3cc(OCCCC(=O)Nc4cn(C)c(C(=O)Cc5ccc(-c6cc(C(=O)n7ccc8cc(N)ccc87)n(C)c6)cc5)n4)c(C)cc3C(=O)N2C1. The van der Waals surface area contributed by atoms with E-state index in [9.17, 15) is 19.2 Å². The smallest absolute Gasteiger partial charge is 0.278 e. The molecule has 3 aromatic carbocycles. The van der Waals surface area contributed by atoms with E-state index in [1.807, 2.05) is 79.3 Å². The lowest BCUT2D eigenvalue weighted by molar-refractivity contribution is -0.116. The number of ether oxygens (including phenoxy) is 1. The van der Waals surface area contributed by atoms with E-state index >= 15 is 0 Å². The van der Waals surface area contributed by atoms with Gasteiger partial charge in [0.25, 0.3) is 11.8 Å². The highest BCUT2D eigenvalue weighted by atomic mass is 16.5. The molecule has 3 N–H and O–H groups in total. The summed E-state index contributed by atoms with van der Waals surface area (Å²) in [5.41, 5.74) is 13.4. The average Bonchev–Trinajstić information content (AvgIpc) is 3.96. The first-order chi connectivity index (χ1) is 27.4.